The third kappa shape index (κ3) is 22.9. The van der Waals surface area contributed by atoms with Crippen molar-refractivity contribution >= 4 is 0 Å². The van der Waals surface area contributed by atoms with Crippen molar-refractivity contribution in [1.82, 2.24) is 10.3 Å². The average molecular weight is 463 g/mol. The van der Waals surface area contributed by atoms with Crippen molar-refractivity contribution in [2.24, 2.45) is 0 Å². The van der Waals surface area contributed by atoms with Crippen LogP contribution in [0.25, 0.3) is 0 Å². The highest BCUT2D eigenvalue weighted by Gasteiger charge is 1.96. The highest BCUT2D eigenvalue weighted by Crippen LogP contribution is 1.98. The molecule has 0 aliphatic heterocycles. The first kappa shape index (κ1) is 32.4. The maximum atomic E-state index is 8.46. The van der Waals surface area contributed by atoms with Gasteiger partial charge in [0.25, 0.3) is 0 Å². The number of nitrogens with zero attached hydrogens (tertiary/aromatic N) is 2. The molecule has 0 spiro atoms. The first-order chi connectivity index (χ1) is 15.9. The first-order valence-corrected chi connectivity index (χ1v) is 11.2. The quantitative estimate of drug-likeness (QED) is 0.359. The molecule has 0 aliphatic rings. The van der Waals surface area contributed by atoms with E-state index in [1.165, 1.54) is 12.5 Å². The third-order valence-electron chi connectivity index (χ3n) is 3.11. The van der Waals surface area contributed by atoms with Crippen LogP contribution in [0, 0.1) is 0 Å². The molecule has 0 aromatic carbocycles. The standard InChI is InChI=1S/2C9H15NO4.2C2H6/c11-3-7-12-4-1-5-13-8-9-2-6-14-10-9;11-3-1-4-12-6-7-13-8-9-2-5-14-10-9;2*1-2/h2,6,11H,1,3-5,7-8H2;2,5,11H,1,3-4,6-8H2;2*1-2H3. The van der Waals surface area contributed by atoms with Gasteiger partial charge in [0.1, 0.15) is 23.9 Å². The van der Waals surface area contributed by atoms with Gasteiger partial charge in [0.15, 0.2) is 0 Å². The van der Waals surface area contributed by atoms with E-state index in [0.717, 1.165) is 17.8 Å². The largest absolute Gasteiger partial charge is 0.396 e. The summed E-state index contributed by atoms with van der Waals surface area (Å²) in [6.07, 6.45) is 4.51. The summed E-state index contributed by atoms with van der Waals surface area (Å²) in [5, 5.41) is 24.3. The lowest BCUT2D eigenvalue weighted by atomic mass is 10.4. The van der Waals surface area contributed by atoms with E-state index in [-0.39, 0.29) is 13.2 Å². The molecule has 0 unspecified atom stereocenters. The lowest BCUT2D eigenvalue weighted by Crippen LogP contribution is -2.06. The van der Waals surface area contributed by atoms with E-state index in [1.807, 2.05) is 27.7 Å². The average Bonchev–Trinajstić information content (AvgIpc) is 3.56. The fourth-order valence-electron chi connectivity index (χ4n) is 1.79. The number of hydrogen-bond acceptors (Lipinski definition) is 10. The van der Waals surface area contributed by atoms with E-state index in [4.69, 9.17) is 29.2 Å². The number of aliphatic hydroxyl groups excluding tert-OH is 2. The van der Waals surface area contributed by atoms with Gasteiger partial charge >= 0.3 is 0 Å². The molecule has 0 radical (unpaired) electrons. The summed E-state index contributed by atoms with van der Waals surface area (Å²) < 4.78 is 30.0. The summed E-state index contributed by atoms with van der Waals surface area (Å²) in [5.41, 5.74) is 1.57. The lowest BCUT2D eigenvalue weighted by Gasteiger charge is -2.03. The number of ether oxygens (including phenoxy) is 4. The molecule has 0 aliphatic carbocycles. The lowest BCUT2D eigenvalue weighted by molar-refractivity contribution is 0.0343. The normalized spacial score (nSPS) is 9.69. The number of rotatable bonds is 16. The van der Waals surface area contributed by atoms with E-state index in [1.54, 1.807) is 12.1 Å². The van der Waals surface area contributed by atoms with E-state index < -0.39 is 0 Å². The molecule has 10 nitrogen and oxygen atoms in total. The van der Waals surface area contributed by atoms with Crippen LogP contribution in [0.3, 0.4) is 0 Å². The molecule has 0 atom stereocenters. The minimum Gasteiger partial charge on any atom is -0.396 e. The van der Waals surface area contributed by atoms with Crippen LogP contribution >= 0.6 is 0 Å². The molecule has 2 aromatic rings. The molecule has 0 saturated carbocycles. The summed E-state index contributed by atoms with van der Waals surface area (Å²) in [7, 11) is 0. The van der Waals surface area contributed by atoms with Crippen molar-refractivity contribution in [3.05, 3.63) is 36.0 Å². The van der Waals surface area contributed by atoms with Crippen molar-refractivity contribution in [3.63, 3.8) is 0 Å². The Balaban J connectivity index is 0. The van der Waals surface area contributed by atoms with Crippen LogP contribution in [0.1, 0.15) is 51.9 Å². The molecule has 0 saturated heterocycles. The Bertz CT molecular complexity index is 476. The zero-order valence-corrected chi connectivity index (χ0v) is 20.0. The molecule has 0 amide bonds. The van der Waals surface area contributed by atoms with Crippen molar-refractivity contribution in [2.75, 3.05) is 52.9 Å². The van der Waals surface area contributed by atoms with Gasteiger partial charge < -0.3 is 38.2 Å². The maximum absolute atomic E-state index is 8.46. The summed E-state index contributed by atoms with van der Waals surface area (Å²) in [6, 6.07) is 3.52. The van der Waals surface area contributed by atoms with Crippen LogP contribution in [-0.2, 0) is 32.2 Å². The van der Waals surface area contributed by atoms with Gasteiger partial charge in [-0.1, -0.05) is 38.0 Å². The van der Waals surface area contributed by atoms with Crippen LogP contribution in [0.4, 0.5) is 0 Å². The highest BCUT2D eigenvalue weighted by atomic mass is 16.5. The number of aliphatic hydroxyl groups is 2. The topological polar surface area (TPSA) is 129 Å². The summed E-state index contributed by atoms with van der Waals surface area (Å²) in [4.78, 5) is 0. The van der Waals surface area contributed by atoms with Gasteiger partial charge in [-0.25, -0.2) is 0 Å². The Morgan fingerprint density at radius 3 is 1.59 bits per heavy atom. The van der Waals surface area contributed by atoms with Crippen molar-refractivity contribution in [3.8, 4) is 0 Å². The zero-order chi connectivity index (χ0) is 24.1. The van der Waals surface area contributed by atoms with Crippen molar-refractivity contribution in [1.29, 1.82) is 0 Å². The molecule has 32 heavy (non-hydrogen) atoms. The van der Waals surface area contributed by atoms with E-state index in [9.17, 15) is 0 Å². The molecule has 188 valence electrons. The van der Waals surface area contributed by atoms with E-state index >= 15 is 0 Å². The second kappa shape index (κ2) is 29.2. The van der Waals surface area contributed by atoms with Crippen LogP contribution < -0.4 is 0 Å². The molecule has 2 aromatic heterocycles. The maximum Gasteiger partial charge on any atom is 0.124 e. The molecule has 2 rings (SSSR count). The SMILES string of the molecule is CC.CC.OCCCOCCOCc1ccon1.OCCOCCCOCc1ccon1. The Morgan fingerprint density at radius 1 is 0.625 bits per heavy atom. The predicted molar refractivity (Wildman–Crippen MR) is 120 cm³/mol. The molecule has 2 N–H and O–H groups in total. The fourth-order valence-corrected chi connectivity index (χ4v) is 1.79. The fraction of sp³-hybridized carbons (Fsp3) is 0.727. The van der Waals surface area contributed by atoms with Crippen LogP contribution in [0.5, 0.6) is 0 Å². The molecular formula is C22H42N2O8. The monoisotopic (exact) mass is 462 g/mol. The second-order valence-electron chi connectivity index (χ2n) is 5.47. The van der Waals surface area contributed by atoms with Crippen LogP contribution in [-0.4, -0.2) is 73.4 Å². The summed E-state index contributed by atoms with van der Waals surface area (Å²) in [5.74, 6) is 0. The number of aromatic nitrogens is 2. The Kier molecular flexibility index (Phi) is 29.5. The minimum atomic E-state index is 0.0692. The summed E-state index contributed by atoms with van der Waals surface area (Å²) >= 11 is 0. The van der Waals surface area contributed by atoms with E-state index in [0.29, 0.717) is 59.3 Å². The molecule has 2 heterocycles. The Hall–Kier alpha value is -1.82. The molecule has 0 fully saturated rings. The van der Waals surface area contributed by atoms with Crippen LogP contribution in [0.2, 0.25) is 0 Å². The van der Waals surface area contributed by atoms with Gasteiger partial charge in [-0.3, -0.25) is 0 Å². The Morgan fingerprint density at radius 2 is 1.09 bits per heavy atom. The highest BCUT2D eigenvalue weighted by molar-refractivity contribution is 4.92. The summed E-state index contributed by atoms with van der Waals surface area (Å²) in [6.45, 7) is 12.4. The molecule has 0 bridgehead atoms. The third-order valence-corrected chi connectivity index (χ3v) is 3.11. The second-order valence-corrected chi connectivity index (χ2v) is 5.47. The predicted octanol–water partition coefficient (Wildman–Crippen LogP) is 3.23. The van der Waals surface area contributed by atoms with Gasteiger partial charge in [0, 0.05) is 38.6 Å². The van der Waals surface area contributed by atoms with Crippen molar-refractivity contribution in [2.45, 2.75) is 53.8 Å². The van der Waals surface area contributed by atoms with Gasteiger partial charge in [-0.05, 0) is 12.8 Å². The number of hydrogen-bond donors (Lipinski definition) is 2. The minimum absolute atomic E-state index is 0.0692. The van der Waals surface area contributed by atoms with Gasteiger partial charge in [0.2, 0.25) is 0 Å². The smallest absolute Gasteiger partial charge is 0.124 e. The molecular weight excluding hydrogens is 420 g/mol. The van der Waals surface area contributed by atoms with Gasteiger partial charge in [-0.2, -0.15) is 0 Å². The first-order valence-electron chi connectivity index (χ1n) is 11.2. The van der Waals surface area contributed by atoms with Gasteiger partial charge in [-0.15, -0.1) is 0 Å². The molecule has 10 heteroatoms. The van der Waals surface area contributed by atoms with Crippen LogP contribution in [0.15, 0.2) is 33.7 Å². The van der Waals surface area contributed by atoms with E-state index in [2.05, 4.69) is 19.4 Å². The zero-order valence-electron chi connectivity index (χ0n) is 20.0. The Labute approximate surface area is 191 Å². The van der Waals surface area contributed by atoms with Crippen molar-refractivity contribution < 1.29 is 38.2 Å². The van der Waals surface area contributed by atoms with Gasteiger partial charge in [0.05, 0.1) is 39.6 Å².